The van der Waals surface area contributed by atoms with Crippen LogP contribution in [0.25, 0.3) is 0 Å². The molecule has 1 heteroatoms. The van der Waals surface area contributed by atoms with Gasteiger partial charge in [0, 0.05) is 6.61 Å². The van der Waals surface area contributed by atoms with E-state index < -0.39 is 0 Å². The molecule has 0 aliphatic heterocycles. The summed E-state index contributed by atoms with van der Waals surface area (Å²) in [5.41, 5.74) is 1.45. The molecule has 1 fully saturated rings. The molecule has 0 radical (unpaired) electrons. The van der Waals surface area contributed by atoms with Gasteiger partial charge >= 0.3 is 0 Å². The molecule has 0 unspecified atom stereocenters. The summed E-state index contributed by atoms with van der Waals surface area (Å²) in [5, 5.41) is 9.16. The normalized spacial score (nSPS) is 27.5. The molecule has 2 rings (SSSR count). The highest BCUT2D eigenvalue weighted by atomic mass is 16.3. The van der Waals surface area contributed by atoms with E-state index in [4.69, 9.17) is 5.11 Å². The van der Waals surface area contributed by atoms with Crippen molar-refractivity contribution in [1.82, 2.24) is 0 Å². The van der Waals surface area contributed by atoms with Gasteiger partial charge in [0.25, 0.3) is 0 Å². The van der Waals surface area contributed by atoms with Crippen LogP contribution in [0.15, 0.2) is 30.3 Å². The van der Waals surface area contributed by atoms with Gasteiger partial charge in [-0.3, -0.25) is 0 Å². The van der Waals surface area contributed by atoms with Gasteiger partial charge in [-0.25, -0.2) is 0 Å². The van der Waals surface area contributed by atoms with Crippen LogP contribution in [0.3, 0.4) is 0 Å². The molecule has 2 atom stereocenters. The third-order valence-corrected chi connectivity index (χ3v) is 3.31. The Morgan fingerprint density at radius 2 is 1.93 bits per heavy atom. The number of aliphatic hydroxyl groups excluding tert-OH is 1. The first kappa shape index (κ1) is 9.72. The molecule has 1 aromatic carbocycles. The van der Waals surface area contributed by atoms with E-state index in [1.807, 2.05) is 0 Å². The van der Waals surface area contributed by atoms with Crippen molar-refractivity contribution in [3.8, 4) is 0 Å². The molecule has 0 bridgehead atoms. The molecule has 14 heavy (non-hydrogen) atoms. The molecule has 76 valence electrons. The first-order chi connectivity index (χ1) is 6.90. The summed E-state index contributed by atoms with van der Waals surface area (Å²) in [6, 6.07) is 10.7. The Morgan fingerprint density at radius 1 is 1.14 bits per heavy atom. The van der Waals surface area contributed by atoms with E-state index in [9.17, 15) is 0 Å². The summed E-state index contributed by atoms with van der Waals surface area (Å²) in [6.07, 6.45) is 4.94. The number of benzene rings is 1. The molecular formula is C13H18O. The van der Waals surface area contributed by atoms with E-state index in [0.717, 1.165) is 0 Å². The molecule has 1 aliphatic carbocycles. The molecule has 1 aliphatic rings. The fraction of sp³-hybridized carbons (Fsp3) is 0.538. The van der Waals surface area contributed by atoms with Gasteiger partial charge in [-0.05, 0) is 36.7 Å². The van der Waals surface area contributed by atoms with Crippen LogP contribution in [-0.2, 0) is 0 Å². The summed E-state index contributed by atoms with van der Waals surface area (Å²) in [7, 11) is 0. The van der Waals surface area contributed by atoms with E-state index in [1.54, 1.807) is 0 Å². The van der Waals surface area contributed by atoms with Gasteiger partial charge < -0.3 is 5.11 Å². The monoisotopic (exact) mass is 190 g/mol. The van der Waals surface area contributed by atoms with Gasteiger partial charge in [-0.1, -0.05) is 36.8 Å². The minimum absolute atomic E-state index is 0.364. The largest absolute Gasteiger partial charge is 0.396 e. The standard InChI is InChI=1S/C13H18O/c14-10-11-5-4-8-13(9-11)12-6-2-1-3-7-12/h1-3,6-7,11,13-14H,4-5,8-10H2/t11-,13-/m1/s1. The Bertz CT molecular complexity index is 268. The van der Waals surface area contributed by atoms with E-state index in [0.29, 0.717) is 18.4 Å². The number of aliphatic hydroxyl groups is 1. The summed E-state index contributed by atoms with van der Waals surface area (Å²) in [5.74, 6) is 1.22. The quantitative estimate of drug-likeness (QED) is 0.760. The van der Waals surface area contributed by atoms with Crippen molar-refractivity contribution in [2.45, 2.75) is 31.6 Å². The van der Waals surface area contributed by atoms with Crippen LogP contribution in [0.1, 0.15) is 37.2 Å². The second-order valence-electron chi connectivity index (χ2n) is 4.32. The number of rotatable bonds is 2. The molecule has 0 heterocycles. The fourth-order valence-corrected chi connectivity index (χ4v) is 2.48. The summed E-state index contributed by atoms with van der Waals surface area (Å²) in [4.78, 5) is 0. The molecule has 0 spiro atoms. The Balaban J connectivity index is 2.04. The van der Waals surface area contributed by atoms with Crippen molar-refractivity contribution in [3.05, 3.63) is 35.9 Å². The van der Waals surface area contributed by atoms with Crippen molar-refractivity contribution in [1.29, 1.82) is 0 Å². The smallest absolute Gasteiger partial charge is 0.0459 e. The molecule has 1 saturated carbocycles. The van der Waals surface area contributed by atoms with Crippen molar-refractivity contribution in [3.63, 3.8) is 0 Å². The zero-order chi connectivity index (χ0) is 9.80. The van der Waals surface area contributed by atoms with Crippen LogP contribution in [-0.4, -0.2) is 11.7 Å². The van der Waals surface area contributed by atoms with Crippen molar-refractivity contribution < 1.29 is 5.11 Å². The van der Waals surface area contributed by atoms with Crippen LogP contribution < -0.4 is 0 Å². The fourth-order valence-electron chi connectivity index (χ4n) is 2.48. The Kier molecular flexibility index (Phi) is 3.20. The molecule has 0 saturated heterocycles. The van der Waals surface area contributed by atoms with E-state index in [2.05, 4.69) is 30.3 Å². The molecule has 1 aromatic rings. The van der Waals surface area contributed by atoms with Gasteiger partial charge in [0.2, 0.25) is 0 Å². The van der Waals surface area contributed by atoms with Crippen molar-refractivity contribution in [2.75, 3.05) is 6.61 Å². The van der Waals surface area contributed by atoms with Crippen LogP contribution in [0, 0.1) is 5.92 Å². The van der Waals surface area contributed by atoms with E-state index >= 15 is 0 Å². The Hall–Kier alpha value is -0.820. The highest BCUT2D eigenvalue weighted by molar-refractivity contribution is 5.19. The maximum atomic E-state index is 9.16. The predicted octanol–water partition coefficient (Wildman–Crippen LogP) is 2.95. The SMILES string of the molecule is OC[C@@H]1CCC[C@@H](c2ccccc2)C1. The summed E-state index contributed by atoms with van der Waals surface area (Å²) in [6.45, 7) is 0.364. The first-order valence-corrected chi connectivity index (χ1v) is 5.56. The molecule has 1 nitrogen and oxygen atoms in total. The number of hydrogen-bond acceptors (Lipinski definition) is 1. The molecule has 0 amide bonds. The second-order valence-corrected chi connectivity index (χ2v) is 4.32. The molecular weight excluding hydrogens is 172 g/mol. The van der Waals surface area contributed by atoms with Crippen molar-refractivity contribution in [2.24, 2.45) is 5.92 Å². The van der Waals surface area contributed by atoms with Gasteiger partial charge in [0.1, 0.15) is 0 Å². The van der Waals surface area contributed by atoms with Crippen LogP contribution in [0.5, 0.6) is 0 Å². The Labute approximate surface area is 85.8 Å². The van der Waals surface area contributed by atoms with E-state index in [-0.39, 0.29) is 0 Å². The average Bonchev–Trinajstić information content (AvgIpc) is 2.30. The Morgan fingerprint density at radius 3 is 2.64 bits per heavy atom. The van der Waals surface area contributed by atoms with Crippen LogP contribution >= 0.6 is 0 Å². The lowest BCUT2D eigenvalue weighted by Gasteiger charge is -2.28. The van der Waals surface area contributed by atoms with Gasteiger partial charge in [0.05, 0.1) is 0 Å². The van der Waals surface area contributed by atoms with Crippen LogP contribution in [0.4, 0.5) is 0 Å². The average molecular weight is 190 g/mol. The van der Waals surface area contributed by atoms with Crippen molar-refractivity contribution >= 4 is 0 Å². The molecule has 0 aromatic heterocycles. The van der Waals surface area contributed by atoms with Gasteiger partial charge in [-0.2, -0.15) is 0 Å². The zero-order valence-corrected chi connectivity index (χ0v) is 8.52. The maximum absolute atomic E-state index is 9.16. The third-order valence-electron chi connectivity index (χ3n) is 3.31. The first-order valence-electron chi connectivity index (χ1n) is 5.56. The summed E-state index contributed by atoms with van der Waals surface area (Å²) >= 11 is 0. The minimum atomic E-state index is 0.364. The van der Waals surface area contributed by atoms with E-state index in [1.165, 1.54) is 31.2 Å². The second kappa shape index (κ2) is 4.61. The zero-order valence-electron chi connectivity index (χ0n) is 8.52. The molecule has 1 N–H and O–H groups in total. The van der Waals surface area contributed by atoms with Gasteiger partial charge in [0.15, 0.2) is 0 Å². The van der Waals surface area contributed by atoms with Gasteiger partial charge in [-0.15, -0.1) is 0 Å². The number of hydrogen-bond donors (Lipinski definition) is 1. The topological polar surface area (TPSA) is 20.2 Å². The third kappa shape index (κ3) is 2.16. The lowest BCUT2D eigenvalue weighted by atomic mass is 9.78. The maximum Gasteiger partial charge on any atom is 0.0459 e. The lowest BCUT2D eigenvalue weighted by Crippen LogP contribution is -2.16. The minimum Gasteiger partial charge on any atom is -0.396 e. The highest BCUT2D eigenvalue weighted by Gasteiger charge is 2.22. The van der Waals surface area contributed by atoms with Crippen LogP contribution in [0.2, 0.25) is 0 Å². The predicted molar refractivity (Wildman–Crippen MR) is 58.2 cm³/mol. The lowest BCUT2D eigenvalue weighted by molar-refractivity contribution is 0.180. The summed E-state index contributed by atoms with van der Waals surface area (Å²) < 4.78 is 0. The highest BCUT2D eigenvalue weighted by Crippen LogP contribution is 2.35.